The molecule has 0 fully saturated rings. The van der Waals surface area contributed by atoms with Crippen LogP contribution in [0.2, 0.25) is 0 Å². The van der Waals surface area contributed by atoms with E-state index in [9.17, 15) is 0 Å². The Kier molecular flexibility index (Phi) is 2.36. The van der Waals surface area contributed by atoms with Gasteiger partial charge in [0.1, 0.15) is 0 Å². The first-order valence-corrected chi connectivity index (χ1v) is 5.09. The first-order chi connectivity index (χ1) is 6.42. The largest absolute Gasteiger partial charge is 0.256 e. The van der Waals surface area contributed by atoms with Crippen LogP contribution in [0.25, 0.3) is 11.3 Å². The fourth-order valence-electron chi connectivity index (χ4n) is 1.31. The molecule has 3 heteroatoms. The van der Waals surface area contributed by atoms with Gasteiger partial charge in [-0.25, -0.2) is 4.37 Å². The molecule has 2 aromatic heterocycles. The van der Waals surface area contributed by atoms with Crippen molar-refractivity contribution in [2.75, 3.05) is 0 Å². The highest BCUT2D eigenvalue weighted by molar-refractivity contribution is 7.03. The molecule has 0 radical (unpaired) electrons. The zero-order valence-electron chi connectivity index (χ0n) is 7.40. The molecule has 0 atom stereocenters. The van der Waals surface area contributed by atoms with E-state index >= 15 is 0 Å². The summed E-state index contributed by atoms with van der Waals surface area (Å²) in [6.45, 7) is 2.14. The molecule has 0 aliphatic rings. The zero-order chi connectivity index (χ0) is 9.10. The molecule has 13 heavy (non-hydrogen) atoms. The minimum Gasteiger partial charge on any atom is -0.256 e. The summed E-state index contributed by atoms with van der Waals surface area (Å²) in [4.78, 5) is 4.36. The van der Waals surface area contributed by atoms with Crippen LogP contribution >= 0.6 is 11.5 Å². The maximum Gasteiger partial charge on any atom is 0.0758 e. The Morgan fingerprint density at radius 3 is 3.08 bits per heavy atom. The lowest BCUT2D eigenvalue weighted by atomic mass is 10.1. The van der Waals surface area contributed by atoms with Gasteiger partial charge in [-0.1, -0.05) is 13.0 Å². The minimum atomic E-state index is 1.01. The van der Waals surface area contributed by atoms with Gasteiger partial charge in [0, 0.05) is 17.1 Å². The molecule has 0 saturated heterocycles. The molecule has 66 valence electrons. The predicted octanol–water partition coefficient (Wildman–Crippen LogP) is 2.77. The standard InChI is InChI=1S/C10H10N2S/c1-2-8-4-3-5-11-10(8)9-6-12-13-7-9/h3-7H,2H2,1H3. The lowest BCUT2D eigenvalue weighted by Crippen LogP contribution is -1.88. The van der Waals surface area contributed by atoms with Gasteiger partial charge in [-0.3, -0.25) is 4.98 Å². The van der Waals surface area contributed by atoms with E-state index < -0.39 is 0 Å². The number of aryl methyl sites for hydroxylation is 1. The second kappa shape index (κ2) is 3.66. The van der Waals surface area contributed by atoms with Crippen LogP contribution in [0.3, 0.4) is 0 Å². The van der Waals surface area contributed by atoms with Crippen LogP contribution in [-0.2, 0) is 6.42 Å². The van der Waals surface area contributed by atoms with E-state index in [1.165, 1.54) is 17.1 Å². The molecule has 2 heterocycles. The third-order valence-electron chi connectivity index (χ3n) is 1.98. The Balaban J connectivity index is 2.51. The van der Waals surface area contributed by atoms with Gasteiger partial charge in [0.25, 0.3) is 0 Å². The molecule has 0 amide bonds. The van der Waals surface area contributed by atoms with Crippen molar-refractivity contribution in [2.24, 2.45) is 0 Å². The summed E-state index contributed by atoms with van der Waals surface area (Å²) in [6.07, 6.45) is 4.71. The van der Waals surface area contributed by atoms with E-state index in [2.05, 4.69) is 22.3 Å². The van der Waals surface area contributed by atoms with Crippen molar-refractivity contribution in [1.82, 2.24) is 9.36 Å². The second-order valence-electron chi connectivity index (χ2n) is 2.78. The normalized spacial score (nSPS) is 10.2. The van der Waals surface area contributed by atoms with Gasteiger partial charge in [-0.05, 0) is 29.6 Å². The Hall–Kier alpha value is -1.22. The Morgan fingerprint density at radius 2 is 2.38 bits per heavy atom. The monoisotopic (exact) mass is 190 g/mol. The van der Waals surface area contributed by atoms with Gasteiger partial charge in [0.15, 0.2) is 0 Å². The molecular weight excluding hydrogens is 180 g/mol. The summed E-state index contributed by atoms with van der Waals surface area (Å²) in [5.41, 5.74) is 3.48. The minimum absolute atomic E-state index is 1.01. The molecule has 0 N–H and O–H groups in total. The average Bonchev–Trinajstić information content (AvgIpc) is 2.70. The van der Waals surface area contributed by atoms with Crippen LogP contribution in [0.15, 0.2) is 29.9 Å². The first kappa shape index (κ1) is 8.38. The fraction of sp³-hybridized carbons (Fsp3) is 0.200. The van der Waals surface area contributed by atoms with Crippen LogP contribution in [0.1, 0.15) is 12.5 Å². The van der Waals surface area contributed by atoms with E-state index in [-0.39, 0.29) is 0 Å². The SMILES string of the molecule is CCc1cccnc1-c1cnsc1. The van der Waals surface area contributed by atoms with Gasteiger partial charge < -0.3 is 0 Å². The maximum atomic E-state index is 4.36. The molecule has 2 nitrogen and oxygen atoms in total. The highest BCUT2D eigenvalue weighted by Crippen LogP contribution is 2.21. The number of nitrogens with zero attached hydrogens (tertiary/aromatic N) is 2. The van der Waals surface area contributed by atoms with Crippen molar-refractivity contribution in [2.45, 2.75) is 13.3 Å². The fourth-order valence-corrected chi connectivity index (χ4v) is 1.83. The zero-order valence-corrected chi connectivity index (χ0v) is 8.21. The first-order valence-electron chi connectivity index (χ1n) is 4.25. The van der Waals surface area contributed by atoms with Crippen LogP contribution in [-0.4, -0.2) is 9.36 Å². The number of hydrogen-bond donors (Lipinski definition) is 0. The molecule has 0 bridgehead atoms. The molecule has 0 aliphatic carbocycles. The molecule has 0 unspecified atom stereocenters. The van der Waals surface area contributed by atoms with Gasteiger partial charge >= 0.3 is 0 Å². The maximum absolute atomic E-state index is 4.36. The second-order valence-corrected chi connectivity index (χ2v) is 3.44. The Morgan fingerprint density at radius 1 is 1.46 bits per heavy atom. The lowest BCUT2D eigenvalue weighted by molar-refractivity contribution is 1.11. The van der Waals surface area contributed by atoms with Crippen molar-refractivity contribution in [3.63, 3.8) is 0 Å². The number of rotatable bonds is 2. The summed E-state index contributed by atoms with van der Waals surface area (Å²) in [5, 5.41) is 2.03. The Bertz CT molecular complexity index is 382. The van der Waals surface area contributed by atoms with E-state index in [1.807, 2.05) is 23.8 Å². The quantitative estimate of drug-likeness (QED) is 0.727. The summed E-state index contributed by atoms with van der Waals surface area (Å²) >= 11 is 1.46. The van der Waals surface area contributed by atoms with Crippen LogP contribution < -0.4 is 0 Å². The van der Waals surface area contributed by atoms with Crippen molar-refractivity contribution in [3.8, 4) is 11.3 Å². The van der Waals surface area contributed by atoms with Gasteiger partial charge in [-0.15, -0.1) is 0 Å². The third-order valence-corrected chi connectivity index (χ3v) is 2.56. The summed E-state index contributed by atoms with van der Waals surface area (Å²) in [7, 11) is 0. The van der Waals surface area contributed by atoms with Crippen molar-refractivity contribution < 1.29 is 0 Å². The predicted molar refractivity (Wildman–Crippen MR) is 54.7 cm³/mol. The molecule has 0 aliphatic heterocycles. The van der Waals surface area contributed by atoms with Crippen LogP contribution in [0.5, 0.6) is 0 Å². The summed E-state index contributed by atoms with van der Waals surface area (Å²) < 4.78 is 4.08. The molecular formula is C10H10N2S. The lowest BCUT2D eigenvalue weighted by Gasteiger charge is -2.02. The highest BCUT2D eigenvalue weighted by atomic mass is 32.1. The van der Waals surface area contributed by atoms with Gasteiger partial charge in [0.2, 0.25) is 0 Å². The smallest absolute Gasteiger partial charge is 0.0758 e. The number of pyridine rings is 1. The van der Waals surface area contributed by atoms with Crippen molar-refractivity contribution in [3.05, 3.63) is 35.5 Å². The third kappa shape index (κ3) is 1.60. The highest BCUT2D eigenvalue weighted by Gasteiger charge is 2.04. The average molecular weight is 190 g/mol. The van der Waals surface area contributed by atoms with Gasteiger partial charge in [0.05, 0.1) is 11.9 Å². The van der Waals surface area contributed by atoms with Crippen molar-refractivity contribution >= 4 is 11.5 Å². The van der Waals surface area contributed by atoms with E-state index in [0.717, 1.165) is 17.7 Å². The summed E-state index contributed by atoms with van der Waals surface area (Å²) in [5.74, 6) is 0. The number of aromatic nitrogens is 2. The van der Waals surface area contributed by atoms with Gasteiger partial charge in [-0.2, -0.15) is 0 Å². The van der Waals surface area contributed by atoms with E-state index in [0.29, 0.717) is 0 Å². The molecule has 2 aromatic rings. The van der Waals surface area contributed by atoms with Crippen LogP contribution in [0, 0.1) is 0 Å². The summed E-state index contributed by atoms with van der Waals surface area (Å²) in [6, 6.07) is 4.09. The molecule has 0 saturated carbocycles. The van der Waals surface area contributed by atoms with Crippen molar-refractivity contribution in [1.29, 1.82) is 0 Å². The van der Waals surface area contributed by atoms with Crippen LogP contribution in [0.4, 0.5) is 0 Å². The number of hydrogen-bond acceptors (Lipinski definition) is 3. The van der Waals surface area contributed by atoms with E-state index in [1.54, 1.807) is 0 Å². The molecule has 0 spiro atoms. The Labute approximate surface area is 81.4 Å². The molecule has 0 aromatic carbocycles. The van der Waals surface area contributed by atoms with E-state index in [4.69, 9.17) is 0 Å². The topological polar surface area (TPSA) is 25.8 Å². The molecule has 2 rings (SSSR count).